The second-order valence-corrected chi connectivity index (χ2v) is 7.87. The van der Waals surface area contributed by atoms with Gasteiger partial charge in [0.1, 0.15) is 0 Å². The number of benzene rings is 2. The molecule has 0 unspecified atom stereocenters. The molecule has 3 rings (SSSR count). The fraction of sp³-hybridized carbons (Fsp3) is 0.360. The van der Waals surface area contributed by atoms with Gasteiger partial charge in [-0.25, -0.2) is 0 Å². The van der Waals surface area contributed by atoms with Crippen LogP contribution in [0.15, 0.2) is 36.4 Å². The van der Waals surface area contributed by atoms with E-state index in [0.29, 0.717) is 29.5 Å². The summed E-state index contributed by atoms with van der Waals surface area (Å²) in [6.07, 6.45) is 4.98. The monoisotopic (exact) mass is 438 g/mol. The van der Waals surface area contributed by atoms with Crippen molar-refractivity contribution >= 4 is 29.3 Å². The quantitative estimate of drug-likeness (QED) is 0.652. The third-order valence-corrected chi connectivity index (χ3v) is 5.35. The third kappa shape index (κ3) is 5.04. The van der Waals surface area contributed by atoms with Gasteiger partial charge in [0.15, 0.2) is 11.5 Å². The zero-order valence-electron chi connectivity index (χ0n) is 19.2. The molecule has 7 heteroatoms. The molecule has 2 aromatic carbocycles. The summed E-state index contributed by atoms with van der Waals surface area (Å²) in [4.78, 5) is 27.0. The van der Waals surface area contributed by atoms with Crippen molar-refractivity contribution in [2.45, 2.75) is 26.7 Å². The molecule has 0 radical (unpaired) electrons. The van der Waals surface area contributed by atoms with Crippen molar-refractivity contribution in [2.24, 2.45) is 5.92 Å². The van der Waals surface area contributed by atoms with Crippen molar-refractivity contribution < 1.29 is 23.8 Å². The van der Waals surface area contributed by atoms with Gasteiger partial charge in [-0.05, 0) is 54.3 Å². The van der Waals surface area contributed by atoms with Crippen LogP contribution >= 0.6 is 0 Å². The van der Waals surface area contributed by atoms with E-state index in [1.54, 1.807) is 32.4 Å². The molecule has 1 heterocycles. The van der Waals surface area contributed by atoms with E-state index in [4.69, 9.17) is 14.2 Å². The highest BCUT2D eigenvalue weighted by Gasteiger charge is 2.24. The first-order valence-corrected chi connectivity index (χ1v) is 10.6. The van der Waals surface area contributed by atoms with E-state index in [1.165, 1.54) is 13.2 Å². The van der Waals surface area contributed by atoms with Gasteiger partial charge in [-0.2, -0.15) is 0 Å². The fourth-order valence-electron chi connectivity index (χ4n) is 3.75. The molecule has 0 aromatic heterocycles. The summed E-state index contributed by atoms with van der Waals surface area (Å²) in [5.41, 5.74) is 3.37. The van der Waals surface area contributed by atoms with Crippen LogP contribution in [0.3, 0.4) is 0 Å². The summed E-state index contributed by atoms with van der Waals surface area (Å²) in [7, 11) is 4.62. The summed E-state index contributed by atoms with van der Waals surface area (Å²) in [5.74, 6) is 1.24. The van der Waals surface area contributed by atoms with Crippen molar-refractivity contribution in [3.8, 4) is 17.2 Å². The lowest BCUT2D eigenvalue weighted by Gasteiger charge is -2.31. The van der Waals surface area contributed by atoms with Crippen LogP contribution in [0.4, 0.5) is 11.4 Å². The van der Waals surface area contributed by atoms with Crippen LogP contribution in [-0.4, -0.2) is 39.7 Å². The van der Waals surface area contributed by atoms with E-state index in [2.05, 4.69) is 5.32 Å². The van der Waals surface area contributed by atoms with Gasteiger partial charge in [0, 0.05) is 29.9 Å². The standard InChI is InChI=1S/C25H30N2O5/c1-16(2)25(29)27-12-6-7-18-9-10-19(15-20(18)27)26-23(28)11-8-17-13-21(30-3)24(32-5)22(14-17)31-4/h8-11,13-16H,6-7,12H2,1-5H3,(H,26,28)/b11-8+. The van der Waals surface area contributed by atoms with E-state index < -0.39 is 0 Å². The molecular formula is C25H30N2O5. The maximum Gasteiger partial charge on any atom is 0.248 e. The average Bonchev–Trinajstić information content (AvgIpc) is 2.80. The van der Waals surface area contributed by atoms with E-state index in [1.807, 2.05) is 36.9 Å². The lowest BCUT2D eigenvalue weighted by Crippen LogP contribution is -2.38. The average molecular weight is 439 g/mol. The normalized spacial score (nSPS) is 13.1. The first kappa shape index (κ1) is 23.2. The third-order valence-electron chi connectivity index (χ3n) is 5.35. The Morgan fingerprint density at radius 2 is 1.72 bits per heavy atom. The minimum Gasteiger partial charge on any atom is -0.493 e. The van der Waals surface area contributed by atoms with Crippen molar-refractivity contribution in [3.05, 3.63) is 47.5 Å². The summed E-state index contributed by atoms with van der Waals surface area (Å²) in [6.45, 7) is 4.49. The molecule has 0 atom stereocenters. The maximum atomic E-state index is 12.6. The Bertz CT molecular complexity index is 1000. The van der Waals surface area contributed by atoms with Gasteiger partial charge in [0.25, 0.3) is 0 Å². The van der Waals surface area contributed by atoms with E-state index in [9.17, 15) is 9.59 Å². The molecule has 1 aliphatic rings. The van der Waals surface area contributed by atoms with Crippen LogP contribution in [0.25, 0.3) is 6.08 Å². The Hall–Kier alpha value is -3.48. The van der Waals surface area contributed by atoms with E-state index >= 15 is 0 Å². The topological polar surface area (TPSA) is 77.1 Å². The Morgan fingerprint density at radius 3 is 2.31 bits per heavy atom. The van der Waals surface area contributed by atoms with E-state index in [0.717, 1.165) is 29.7 Å². The molecule has 2 aromatic rings. The molecule has 1 N–H and O–H groups in total. The number of carbonyl (C=O) groups is 2. The fourth-order valence-corrected chi connectivity index (χ4v) is 3.75. The molecule has 0 aliphatic carbocycles. The summed E-state index contributed by atoms with van der Waals surface area (Å²) in [5, 5.41) is 2.88. The van der Waals surface area contributed by atoms with Gasteiger partial charge in [0.2, 0.25) is 17.6 Å². The molecule has 1 aliphatic heterocycles. The molecule has 2 amide bonds. The number of methoxy groups -OCH3 is 3. The highest BCUT2D eigenvalue weighted by Crippen LogP contribution is 2.38. The molecule has 0 fully saturated rings. The van der Waals surface area contributed by atoms with Gasteiger partial charge >= 0.3 is 0 Å². The van der Waals surface area contributed by atoms with Crippen molar-refractivity contribution in [1.29, 1.82) is 0 Å². The minimum absolute atomic E-state index is 0.0828. The van der Waals surface area contributed by atoms with E-state index in [-0.39, 0.29) is 17.7 Å². The number of ether oxygens (including phenoxy) is 3. The molecule has 32 heavy (non-hydrogen) atoms. The Labute approximate surface area is 189 Å². The molecule has 0 saturated heterocycles. The van der Waals surface area contributed by atoms with Gasteiger partial charge in [0.05, 0.1) is 21.3 Å². The highest BCUT2D eigenvalue weighted by atomic mass is 16.5. The second kappa shape index (κ2) is 10.2. The lowest BCUT2D eigenvalue weighted by molar-refractivity contribution is -0.121. The number of hydrogen-bond acceptors (Lipinski definition) is 5. The first-order valence-electron chi connectivity index (χ1n) is 10.6. The smallest absolute Gasteiger partial charge is 0.248 e. The van der Waals surface area contributed by atoms with Crippen LogP contribution in [0.5, 0.6) is 17.2 Å². The van der Waals surface area contributed by atoms with Crippen molar-refractivity contribution in [3.63, 3.8) is 0 Å². The molecule has 0 saturated carbocycles. The Balaban J connectivity index is 1.78. The van der Waals surface area contributed by atoms with Crippen molar-refractivity contribution in [1.82, 2.24) is 0 Å². The number of hydrogen-bond donors (Lipinski definition) is 1. The number of amides is 2. The predicted octanol–water partition coefficient (Wildman–Crippen LogP) is 4.30. The first-order chi connectivity index (χ1) is 15.4. The number of fused-ring (bicyclic) bond motifs is 1. The number of nitrogens with zero attached hydrogens (tertiary/aromatic N) is 1. The molecule has 0 spiro atoms. The van der Waals surface area contributed by atoms with Crippen LogP contribution in [0.1, 0.15) is 31.4 Å². The number of carbonyl (C=O) groups excluding carboxylic acids is 2. The largest absolute Gasteiger partial charge is 0.493 e. The van der Waals surface area contributed by atoms with Gasteiger partial charge in [-0.1, -0.05) is 19.9 Å². The zero-order chi connectivity index (χ0) is 23.3. The van der Waals surface area contributed by atoms with Crippen molar-refractivity contribution in [2.75, 3.05) is 38.1 Å². The maximum absolute atomic E-state index is 12.6. The molecular weight excluding hydrogens is 408 g/mol. The number of aryl methyl sites for hydroxylation is 1. The summed E-state index contributed by atoms with van der Waals surface area (Å²) >= 11 is 0. The lowest BCUT2D eigenvalue weighted by atomic mass is 9.99. The van der Waals surface area contributed by atoms with Gasteiger partial charge < -0.3 is 24.4 Å². The van der Waals surface area contributed by atoms with Gasteiger partial charge in [-0.15, -0.1) is 0 Å². The van der Waals surface area contributed by atoms with Crippen LogP contribution in [0.2, 0.25) is 0 Å². The zero-order valence-corrected chi connectivity index (χ0v) is 19.2. The van der Waals surface area contributed by atoms with Crippen LogP contribution < -0.4 is 24.4 Å². The minimum atomic E-state index is -0.281. The van der Waals surface area contributed by atoms with Crippen LogP contribution in [-0.2, 0) is 16.0 Å². The SMILES string of the molecule is COc1cc(/C=C/C(=O)Nc2ccc3c(c2)N(C(=O)C(C)C)CCC3)cc(OC)c1OC. The number of nitrogens with one attached hydrogen (secondary N) is 1. The molecule has 0 bridgehead atoms. The van der Waals surface area contributed by atoms with Crippen LogP contribution in [0, 0.1) is 5.92 Å². The Kier molecular flexibility index (Phi) is 7.41. The van der Waals surface area contributed by atoms with Gasteiger partial charge in [-0.3, -0.25) is 9.59 Å². The Morgan fingerprint density at radius 1 is 1.03 bits per heavy atom. The predicted molar refractivity (Wildman–Crippen MR) is 126 cm³/mol. The summed E-state index contributed by atoms with van der Waals surface area (Å²) in [6, 6.07) is 9.25. The second-order valence-electron chi connectivity index (χ2n) is 7.87. The molecule has 170 valence electrons. The number of anilines is 2. The number of rotatable bonds is 7. The molecule has 7 nitrogen and oxygen atoms in total. The summed E-state index contributed by atoms with van der Waals surface area (Å²) < 4.78 is 16.0. The highest BCUT2D eigenvalue weighted by molar-refractivity contribution is 6.03.